The Hall–Kier alpha value is -1.10. The molecule has 0 amide bonds. The maximum atomic E-state index is 5.55. The SMILES string of the molecule is CNCc1ccc(OC)c(CN2CCN3CCCC3C2)c1. The molecule has 1 N–H and O–H groups in total. The summed E-state index contributed by atoms with van der Waals surface area (Å²) in [5, 5.41) is 3.22. The molecule has 2 heterocycles. The van der Waals surface area contributed by atoms with E-state index in [0.29, 0.717) is 0 Å². The predicted octanol–water partition coefficient (Wildman–Crippen LogP) is 1.69. The fourth-order valence-electron chi connectivity index (χ4n) is 3.71. The second-order valence-corrected chi connectivity index (χ2v) is 6.24. The summed E-state index contributed by atoms with van der Waals surface area (Å²) in [7, 11) is 3.76. The molecule has 116 valence electrons. The fourth-order valence-corrected chi connectivity index (χ4v) is 3.71. The molecule has 1 atom stereocenters. The van der Waals surface area contributed by atoms with Gasteiger partial charge in [0.1, 0.15) is 5.75 Å². The van der Waals surface area contributed by atoms with Gasteiger partial charge in [-0.3, -0.25) is 9.80 Å². The van der Waals surface area contributed by atoms with E-state index in [1.807, 2.05) is 7.05 Å². The van der Waals surface area contributed by atoms with Crippen molar-refractivity contribution in [3.05, 3.63) is 29.3 Å². The van der Waals surface area contributed by atoms with Crippen LogP contribution in [0.4, 0.5) is 0 Å². The number of ether oxygens (including phenoxy) is 1. The van der Waals surface area contributed by atoms with Crippen molar-refractivity contribution in [1.82, 2.24) is 15.1 Å². The van der Waals surface area contributed by atoms with E-state index in [4.69, 9.17) is 4.74 Å². The Kier molecular flexibility index (Phi) is 4.78. The van der Waals surface area contributed by atoms with Crippen molar-refractivity contribution in [3.63, 3.8) is 0 Å². The second kappa shape index (κ2) is 6.77. The number of rotatable bonds is 5. The Bertz CT molecular complexity index is 477. The number of fused-ring (bicyclic) bond motifs is 1. The highest BCUT2D eigenvalue weighted by atomic mass is 16.5. The largest absolute Gasteiger partial charge is 0.496 e. The average Bonchev–Trinajstić information content (AvgIpc) is 2.95. The number of piperazine rings is 1. The summed E-state index contributed by atoms with van der Waals surface area (Å²) >= 11 is 0. The van der Waals surface area contributed by atoms with E-state index < -0.39 is 0 Å². The fraction of sp³-hybridized carbons (Fsp3) is 0.647. The minimum absolute atomic E-state index is 0.783. The highest BCUT2D eigenvalue weighted by molar-refractivity contribution is 5.37. The maximum absolute atomic E-state index is 5.55. The van der Waals surface area contributed by atoms with Gasteiger partial charge in [0.2, 0.25) is 0 Å². The van der Waals surface area contributed by atoms with Crippen LogP contribution in [0.25, 0.3) is 0 Å². The lowest BCUT2D eigenvalue weighted by Gasteiger charge is -2.37. The van der Waals surface area contributed by atoms with Crippen molar-refractivity contribution < 1.29 is 4.74 Å². The third-order valence-electron chi connectivity index (χ3n) is 4.79. The van der Waals surface area contributed by atoms with E-state index in [2.05, 4.69) is 33.3 Å². The molecular formula is C17H27N3O. The van der Waals surface area contributed by atoms with Crippen LogP contribution in [-0.2, 0) is 13.1 Å². The van der Waals surface area contributed by atoms with Gasteiger partial charge < -0.3 is 10.1 Å². The molecule has 3 rings (SSSR count). The molecule has 2 aliphatic heterocycles. The molecule has 2 saturated heterocycles. The predicted molar refractivity (Wildman–Crippen MR) is 85.6 cm³/mol. The van der Waals surface area contributed by atoms with Gasteiger partial charge in [-0.15, -0.1) is 0 Å². The van der Waals surface area contributed by atoms with Gasteiger partial charge in [-0.25, -0.2) is 0 Å². The van der Waals surface area contributed by atoms with Crippen molar-refractivity contribution in [2.45, 2.75) is 32.0 Å². The summed E-state index contributed by atoms with van der Waals surface area (Å²) in [6.45, 7) is 6.83. The first-order valence-corrected chi connectivity index (χ1v) is 8.07. The van der Waals surface area contributed by atoms with Crippen LogP contribution in [0.2, 0.25) is 0 Å². The number of hydrogen-bond acceptors (Lipinski definition) is 4. The first kappa shape index (κ1) is 14.8. The van der Waals surface area contributed by atoms with Crippen LogP contribution in [0.15, 0.2) is 18.2 Å². The first-order chi connectivity index (χ1) is 10.3. The van der Waals surface area contributed by atoms with Crippen LogP contribution in [-0.4, -0.2) is 56.2 Å². The maximum Gasteiger partial charge on any atom is 0.123 e. The summed E-state index contributed by atoms with van der Waals surface area (Å²) < 4.78 is 5.55. The number of benzene rings is 1. The van der Waals surface area contributed by atoms with E-state index in [1.165, 1.54) is 50.1 Å². The van der Waals surface area contributed by atoms with Crippen LogP contribution in [0.3, 0.4) is 0 Å². The molecule has 0 saturated carbocycles. The van der Waals surface area contributed by atoms with E-state index in [0.717, 1.165) is 24.9 Å². The van der Waals surface area contributed by atoms with Crippen LogP contribution in [0, 0.1) is 0 Å². The molecule has 2 fully saturated rings. The lowest BCUT2D eigenvalue weighted by Crippen LogP contribution is -2.49. The second-order valence-electron chi connectivity index (χ2n) is 6.24. The Balaban J connectivity index is 1.69. The van der Waals surface area contributed by atoms with Crippen molar-refractivity contribution >= 4 is 0 Å². The quantitative estimate of drug-likeness (QED) is 0.893. The monoisotopic (exact) mass is 289 g/mol. The topological polar surface area (TPSA) is 27.7 Å². The summed E-state index contributed by atoms with van der Waals surface area (Å²) in [4.78, 5) is 5.25. The molecule has 4 nitrogen and oxygen atoms in total. The third kappa shape index (κ3) is 3.39. The number of hydrogen-bond donors (Lipinski definition) is 1. The van der Waals surface area contributed by atoms with E-state index in [1.54, 1.807) is 7.11 Å². The first-order valence-electron chi connectivity index (χ1n) is 8.07. The van der Waals surface area contributed by atoms with Gasteiger partial charge in [0, 0.05) is 44.3 Å². The molecule has 1 aromatic carbocycles. The standard InChI is InChI=1S/C17H27N3O/c1-18-11-14-5-6-17(21-2)15(10-14)12-19-8-9-20-7-3-4-16(20)13-19/h5-6,10,16,18H,3-4,7-9,11-13H2,1-2H3. The minimum atomic E-state index is 0.783. The zero-order chi connectivity index (χ0) is 14.7. The Morgan fingerprint density at radius 2 is 2.19 bits per heavy atom. The third-order valence-corrected chi connectivity index (χ3v) is 4.79. The Morgan fingerprint density at radius 1 is 1.29 bits per heavy atom. The molecule has 21 heavy (non-hydrogen) atoms. The molecule has 1 aromatic rings. The Morgan fingerprint density at radius 3 is 3.00 bits per heavy atom. The summed E-state index contributed by atoms with van der Waals surface area (Å²) in [6, 6.07) is 7.32. The van der Waals surface area contributed by atoms with Crippen molar-refractivity contribution in [1.29, 1.82) is 0 Å². The number of methoxy groups -OCH3 is 1. The number of nitrogens with zero attached hydrogens (tertiary/aromatic N) is 2. The zero-order valence-corrected chi connectivity index (χ0v) is 13.3. The van der Waals surface area contributed by atoms with E-state index >= 15 is 0 Å². The average molecular weight is 289 g/mol. The van der Waals surface area contributed by atoms with Crippen LogP contribution < -0.4 is 10.1 Å². The van der Waals surface area contributed by atoms with Gasteiger partial charge in [-0.05, 0) is 44.1 Å². The van der Waals surface area contributed by atoms with E-state index in [9.17, 15) is 0 Å². The smallest absolute Gasteiger partial charge is 0.123 e. The molecule has 0 spiro atoms. The van der Waals surface area contributed by atoms with Crippen molar-refractivity contribution in [3.8, 4) is 5.75 Å². The lowest BCUT2D eigenvalue weighted by atomic mass is 10.1. The van der Waals surface area contributed by atoms with Crippen LogP contribution in [0.1, 0.15) is 24.0 Å². The summed E-state index contributed by atoms with van der Waals surface area (Å²) in [5.74, 6) is 1.02. The van der Waals surface area contributed by atoms with Crippen molar-refractivity contribution in [2.75, 3.05) is 40.3 Å². The van der Waals surface area contributed by atoms with Crippen LogP contribution in [0.5, 0.6) is 5.75 Å². The lowest BCUT2D eigenvalue weighted by molar-refractivity contribution is 0.0987. The molecule has 2 aliphatic rings. The van der Waals surface area contributed by atoms with Crippen molar-refractivity contribution in [2.24, 2.45) is 0 Å². The molecule has 1 unspecified atom stereocenters. The zero-order valence-electron chi connectivity index (χ0n) is 13.3. The number of nitrogens with one attached hydrogen (secondary N) is 1. The molecule has 0 radical (unpaired) electrons. The van der Waals surface area contributed by atoms with Gasteiger partial charge in [0.25, 0.3) is 0 Å². The molecule has 0 bridgehead atoms. The minimum Gasteiger partial charge on any atom is -0.496 e. The molecular weight excluding hydrogens is 262 g/mol. The summed E-state index contributed by atoms with van der Waals surface area (Å²) in [5.41, 5.74) is 2.64. The molecule has 0 aromatic heterocycles. The Labute approximate surface area is 128 Å². The van der Waals surface area contributed by atoms with Gasteiger partial charge in [0.15, 0.2) is 0 Å². The molecule has 4 heteroatoms. The van der Waals surface area contributed by atoms with E-state index in [-0.39, 0.29) is 0 Å². The van der Waals surface area contributed by atoms with Gasteiger partial charge in [-0.1, -0.05) is 6.07 Å². The normalized spacial score (nSPS) is 23.2. The van der Waals surface area contributed by atoms with Gasteiger partial charge in [0.05, 0.1) is 7.11 Å². The highest BCUT2D eigenvalue weighted by Gasteiger charge is 2.30. The summed E-state index contributed by atoms with van der Waals surface area (Å²) in [6.07, 6.45) is 2.74. The van der Waals surface area contributed by atoms with Gasteiger partial charge >= 0.3 is 0 Å². The highest BCUT2D eigenvalue weighted by Crippen LogP contribution is 2.26. The van der Waals surface area contributed by atoms with Crippen LogP contribution >= 0.6 is 0 Å². The van der Waals surface area contributed by atoms with Gasteiger partial charge in [-0.2, -0.15) is 0 Å². The molecule has 0 aliphatic carbocycles.